The Hall–Kier alpha value is -1.49. The van der Waals surface area contributed by atoms with Crippen LogP contribution in [0.2, 0.25) is 0 Å². The van der Waals surface area contributed by atoms with Gasteiger partial charge < -0.3 is 14.6 Å². The number of hydrogen-bond acceptors (Lipinski definition) is 4. The average Bonchev–Trinajstić information content (AvgIpc) is 2.39. The van der Waals surface area contributed by atoms with E-state index in [1.54, 1.807) is 13.1 Å². The fourth-order valence-corrected chi connectivity index (χ4v) is 2.19. The standard InChI is InChI=1S/C14H17NO3/c1-14(16,13(17-2)18-3)11-8-4-6-10-7-5-9-15-12(10)11/h4-9,13,16H,1-3H3. The van der Waals surface area contributed by atoms with Gasteiger partial charge in [-0.2, -0.15) is 0 Å². The smallest absolute Gasteiger partial charge is 0.189 e. The maximum Gasteiger partial charge on any atom is 0.189 e. The molecule has 0 radical (unpaired) electrons. The zero-order valence-corrected chi connectivity index (χ0v) is 10.8. The summed E-state index contributed by atoms with van der Waals surface area (Å²) in [6.45, 7) is 1.66. The Morgan fingerprint density at radius 2 is 1.83 bits per heavy atom. The molecule has 0 amide bonds. The highest BCUT2D eigenvalue weighted by Crippen LogP contribution is 2.31. The molecule has 1 N–H and O–H groups in total. The van der Waals surface area contributed by atoms with Crippen molar-refractivity contribution in [1.29, 1.82) is 0 Å². The summed E-state index contributed by atoms with van der Waals surface area (Å²) >= 11 is 0. The molecule has 18 heavy (non-hydrogen) atoms. The van der Waals surface area contributed by atoms with Crippen LogP contribution in [0.15, 0.2) is 36.5 Å². The predicted octanol–water partition coefficient (Wildman–Crippen LogP) is 2.06. The molecule has 1 heterocycles. The Labute approximate surface area is 106 Å². The normalized spacial score (nSPS) is 14.9. The molecule has 0 aliphatic rings. The van der Waals surface area contributed by atoms with E-state index in [0.717, 1.165) is 10.9 Å². The second kappa shape index (κ2) is 5.02. The zero-order valence-electron chi connectivity index (χ0n) is 10.8. The van der Waals surface area contributed by atoms with Gasteiger partial charge in [-0.1, -0.05) is 24.3 Å². The van der Waals surface area contributed by atoms with Gasteiger partial charge in [0.1, 0.15) is 5.60 Å². The maximum atomic E-state index is 10.7. The molecule has 0 aliphatic heterocycles. The molecule has 2 rings (SSSR count). The number of rotatable bonds is 4. The third kappa shape index (κ3) is 2.10. The molecule has 0 aliphatic carbocycles. The molecule has 1 unspecified atom stereocenters. The van der Waals surface area contributed by atoms with Crippen LogP contribution < -0.4 is 0 Å². The maximum absolute atomic E-state index is 10.7. The van der Waals surface area contributed by atoms with Crippen molar-refractivity contribution in [2.75, 3.05) is 14.2 Å². The molecule has 4 heteroatoms. The molecule has 1 atom stereocenters. The molecular formula is C14H17NO3. The number of fused-ring (bicyclic) bond motifs is 1. The highest BCUT2D eigenvalue weighted by molar-refractivity contribution is 5.82. The van der Waals surface area contributed by atoms with Crippen LogP contribution in [-0.4, -0.2) is 30.6 Å². The summed E-state index contributed by atoms with van der Waals surface area (Å²) in [6, 6.07) is 9.49. The van der Waals surface area contributed by atoms with Crippen molar-refractivity contribution in [3.05, 3.63) is 42.1 Å². The van der Waals surface area contributed by atoms with Crippen LogP contribution >= 0.6 is 0 Å². The minimum absolute atomic E-state index is 0.689. The molecule has 1 aromatic carbocycles. The molecule has 0 fully saturated rings. The number of ether oxygens (including phenoxy) is 2. The van der Waals surface area contributed by atoms with Crippen molar-refractivity contribution < 1.29 is 14.6 Å². The van der Waals surface area contributed by atoms with Gasteiger partial charge in [-0.3, -0.25) is 4.98 Å². The monoisotopic (exact) mass is 247 g/mol. The minimum Gasteiger partial charge on any atom is -0.380 e. The lowest BCUT2D eigenvalue weighted by Crippen LogP contribution is -2.39. The Morgan fingerprint density at radius 3 is 2.50 bits per heavy atom. The number of hydrogen-bond donors (Lipinski definition) is 1. The SMILES string of the molecule is COC(OC)C(C)(O)c1cccc2cccnc12. The number of para-hydroxylation sites is 1. The van der Waals surface area contributed by atoms with E-state index in [1.165, 1.54) is 14.2 Å². The first-order valence-electron chi connectivity index (χ1n) is 5.73. The van der Waals surface area contributed by atoms with E-state index >= 15 is 0 Å². The highest BCUT2D eigenvalue weighted by atomic mass is 16.7. The molecule has 0 saturated carbocycles. The Balaban J connectivity index is 2.59. The van der Waals surface area contributed by atoms with Gasteiger partial charge in [0.2, 0.25) is 0 Å². The number of benzene rings is 1. The lowest BCUT2D eigenvalue weighted by molar-refractivity contribution is -0.212. The molecule has 1 aromatic heterocycles. The van der Waals surface area contributed by atoms with Crippen LogP contribution in [0.4, 0.5) is 0 Å². The summed E-state index contributed by atoms with van der Waals surface area (Å²) in [7, 11) is 3.00. The van der Waals surface area contributed by atoms with Crippen molar-refractivity contribution in [2.24, 2.45) is 0 Å². The van der Waals surface area contributed by atoms with Crippen LogP contribution in [0.25, 0.3) is 10.9 Å². The summed E-state index contributed by atoms with van der Waals surface area (Å²) < 4.78 is 10.3. The number of nitrogens with zero attached hydrogens (tertiary/aromatic N) is 1. The first kappa shape index (κ1) is 13.0. The lowest BCUT2D eigenvalue weighted by Gasteiger charge is -2.31. The number of pyridine rings is 1. The minimum atomic E-state index is -1.27. The van der Waals surface area contributed by atoms with Gasteiger partial charge in [0, 0.05) is 31.4 Å². The summed E-state index contributed by atoms with van der Waals surface area (Å²) in [5.74, 6) is 0. The Bertz CT molecular complexity index is 530. The quantitative estimate of drug-likeness (QED) is 0.840. The van der Waals surface area contributed by atoms with Crippen molar-refractivity contribution in [3.8, 4) is 0 Å². The van der Waals surface area contributed by atoms with Gasteiger partial charge in [-0.15, -0.1) is 0 Å². The second-order valence-corrected chi connectivity index (χ2v) is 4.33. The van der Waals surface area contributed by atoms with Gasteiger partial charge in [0.25, 0.3) is 0 Å². The second-order valence-electron chi connectivity index (χ2n) is 4.33. The van der Waals surface area contributed by atoms with Gasteiger partial charge >= 0.3 is 0 Å². The lowest BCUT2D eigenvalue weighted by atomic mass is 9.92. The van der Waals surface area contributed by atoms with Gasteiger partial charge in [0.15, 0.2) is 6.29 Å². The number of aliphatic hydroxyl groups is 1. The molecule has 2 aromatic rings. The van der Waals surface area contributed by atoms with E-state index < -0.39 is 11.9 Å². The molecule has 96 valence electrons. The average molecular weight is 247 g/mol. The van der Waals surface area contributed by atoms with Crippen molar-refractivity contribution in [2.45, 2.75) is 18.8 Å². The van der Waals surface area contributed by atoms with E-state index in [4.69, 9.17) is 9.47 Å². The summed E-state index contributed by atoms with van der Waals surface area (Å²) in [5, 5.41) is 11.6. The van der Waals surface area contributed by atoms with E-state index in [1.807, 2.05) is 30.3 Å². The fraction of sp³-hybridized carbons (Fsp3) is 0.357. The van der Waals surface area contributed by atoms with Gasteiger partial charge in [-0.05, 0) is 13.0 Å². The summed E-state index contributed by atoms with van der Waals surface area (Å²) in [6.07, 6.45) is 0.960. The summed E-state index contributed by atoms with van der Waals surface area (Å²) in [5.41, 5.74) is 0.176. The van der Waals surface area contributed by atoms with Crippen LogP contribution in [0.1, 0.15) is 12.5 Å². The largest absolute Gasteiger partial charge is 0.380 e. The molecule has 0 saturated heterocycles. The highest BCUT2D eigenvalue weighted by Gasteiger charge is 2.36. The molecule has 0 spiro atoms. The predicted molar refractivity (Wildman–Crippen MR) is 69.1 cm³/mol. The summed E-state index contributed by atoms with van der Waals surface area (Å²) in [4.78, 5) is 4.33. The molecule has 4 nitrogen and oxygen atoms in total. The van der Waals surface area contributed by atoms with Crippen LogP contribution in [-0.2, 0) is 15.1 Å². The third-order valence-electron chi connectivity index (χ3n) is 3.07. The molecular weight excluding hydrogens is 230 g/mol. The van der Waals surface area contributed by atoms with Crippen molar-refractivity contribution in [1.82, 2.24) is 4.98 Å². The van der Waals surface area contributed by atoms with Gasteiger partial charge in [-0.25, -0.2) is 0 Å². The first-order valence-corrected chi connectivity index (χ1v) is 5.73. The zero-order chi connectivity index (χ0) is 13.2. The number of aromatic nitrogens is 1. The fourth-order valence-electron chi connectivity index (χ4n) is 2.19. The Morgan fingerprint density at radius 1 is 1.17 bits per heavy atom. The molecule has 0 bridgehead atoms. The van der Waals surface area contributed by atoms with Crippen LogP contribution in [0.3, 0.4) is 0 Å². The topological polar surface area (TPSA) is 51.6 Å². The van der Waals surface area contributed by atoms with Crippen molar-refractivity contribution >= 4 is 10.9 Å². The number of methoxy groups -OCH3 is 2. The van der Waals surface area contributed by atoms with Crippen molar-refractivity contribution in [3.63, 3.8) is 0 Å². The van der Waals surface area contributed by atoms with E-state index in [2.05, 4.69) is 4.98 Å². The van der Waals surface area contributed by atoms with Crippen LogP contribution in [0, 0.1) is 0 Å². The third-order valence-corrected chi connectivity index (χ3v) is 3.07. The van der Waals surface area contributed by atoms with Crippen LogP contribution in [0.5, 0.6) is 0 Å². The van der Waals surface area contributed by atoms with E-state index in [-0.39, 0.29) is 0 Å². The first-order chi connectivity index (χ1) is 8.61. The van der Waals surface area contributed by atoms with E-state index in [0.29, 0.717) is 5.56 Å². The van der Waals surface area contributed by atoms with E-state index in [9.17, 15) is 5.11 Å². The van der Waals surface area contributed by atoms with Gasteiger partial charge in [0.05, 0.1) is 5.52 Å². The Kier molecular flexibility index (Phi) is 3.61.